The maximum absolute atomic E-state index is 11.7. The summed E-state index contributed by atoms with van der Waals surface area (Å²) in [4.78, 5) is 23.3. The molecule has 0 bridgehead atoms. The van der Waals surface area contributed by atoms with Crippen molar-refractivity contribution in [1.29, 1.82) is 0 Å². The number of nitrogens with one attached hydrogen (secondary N) is 2. The minimum Gasteiger partial charge on any atom is -0.360 e. The Morgan fingerprint density at radius 3 is 2.61 bits per heavy atom. The predicted molar refractivity (Wildman–Crippen MR) is 87.3 cm³/mol. The summed E-state index contributed by atoms with van der Waals surface area (Å²) < 4.78 is 4.83. The van der Waals surface area contributed by atoms with Gasteiger partial charge in [-0.2, -0.15) is 0 Å². The number of aromatic nitrogens is 1. The van der Waals surface area contributed by atoms with Crippen molar-refractivity contribution in [2.45, 2.75) is 26.2 Å². The molecule has 2 aromatic rings. The Morgan fingerprint density at radius 2 is 1.96 bits per heavy atom. The summed E-state index contributed by atoms with van der Waals surface area (Å²) in [5.41, 5.74) is 1.13. The van der Waals surface area contributed by atoms with E-state index in [2.05, 4.69) is 15.8 Å². The number of carbonyl (C=O) groups is 2. The van der Waals surface area contributed by atoms with Crippen LogP contribution in [0.25, 0.3) is 0 Å². The van der Waals surface area contributed by atoms with Crippen molar-refractivity contribution in [3.05, 3.63) is 46.7 Å². The van der Waals surface area contributed by atoms with Crippen molar-refractivity contribution in [2.75, 3.05) is 11.9 Å². The minimum atomic E-state index is -0.343. The Kier molecular flexibility index (Phi) is 6.17. The number of anilines is 1. The summed E-state index contributed by atoms with van der Waals surface area (Å²) in [5, 5.41) is 9.45. The largest absolute Gasteiger partial charge is 0.360 e. The summed E-state index contributed by atoms with van der Waals surface area (Å²) in [5.74, 6) is 0.436. The third kappa shape index (κ3) is 6.12. The third-order valence-electron chi connectivity index (χ3n) is 3.12. The van der Waals surface area contributed by atoms with Gasteiger partial charge in [-0.25, -0.2) is 0 Å². The van der Waals surface area contributed by atoms with Crippen LogP contribution < -0.4 is 10.6 Å². The lowest BCUT2D eigenvalue weighted by Crippen LogP contribution is -2.32. The average molecular weight is 336 g/mol. The monoisotopic (exact) mass is 335 g/mol. The molecule has 0 saturated carbocycles. The molecule has 0 aliphatic carbocycles. The molecule has 1 aromatic carbocycles. The van der Waals surface area contributed by atoms with Gasteiger partial charge in [-0.15, -0.1) is 0 Å². The number of nitrogens with zero attached hydrogens (tertiary/aromatic N) is 1. The maximum atomic E-state index is 11.7. The SMILES string of the molecule is Cc1cc(NC(=O)CNC(=O)CCCc2ccc(Cl)cc2)no1. The zero-order chi connectivity index (χ0) is 16.7. The highest BCUT2D eigenvalue weighted by Gasteiger charge is 2.08. The number of aryl methyl sites for hydroxylation is 2. The van der Waals surface area contributed by atoms with Crippen molar-refractivity contribution in [3.8, 4) is 0 Å². The third-order valence-corrected chi connectivity index (χ3v) is 3.38. The molecule has 0 atom stereocenters. The molecule has 6 nitrogen and oxygen atoms in total. The second kappa shape index (κ2) is 8.33. The smallest absolute Gasteiger partial charge is 0.245 e. The molecule has 0 spiro atoms. The van der Waals surface area contributed by atoms with Crippen LogP contribution in [0.15, 0.2) is 34.9 Å². The zero-order valence-corrected chi connectivity index (χ0v) is 13.5. The van der Waals surface area contributed by atoms with E-state index in [0.717, 1.165) is 12.0 Å². The summed E-state index contributed by atoms with van der Waals surface area (Å²) >= 11 is 5.81. The summed E-state index contributed by atoms with van der Waals surface area (Å²) in [7, 11) is 0. The highest BCUT2D eigenvalue weighted by Crippen LogP contribution is 2.11. The molecule has 7 heteroatoms. The van der Waals surface area contributed by atoms with Gasteiger partial charge in [-0.05, 0) is 37.5 Å². The van der Waals surface area contributed by atoms with Crippen LogP contribution in [-0.4, -0.2) is 23.5 Å². The Hall–Kier alpha value is -2.34. The lowest BCUT2D eigenvalue weighted by atomic mass is 10.1. The van der Waals surface area contributed by atoms with E-state index in [4.69, 9.17) is 16.1 Å². The number of carbonyl (C=O) groups excluding carboxylic acids is 2. The molecule has 23 heavy (non-hydrogen) atoms. The molecule has 0 aliphatic heterocycles. The van der Waals surface area contributed by atoms with Crippen molar-refractivity contribution in [1.82, 2.24) is 10.5 Å². The zero-order valence-electron chi connectivity index (χ0n) is 12.8. The Balaban J connectivity index is 1.62. The number of rotatable bonds is 7. The molecule has 1 heterocycles. The van der Waals surface area contributed by atoms with Gasteiger partial charge in [-0.3, -0.25) is 9.59 Å². The van der Waals surface area contributed by atoms with E-state index in [9.17, 15) is 9.59 Å². The fourth-order valence-corrected chi connectivity index (χ4v) is 2.11. The van der Waals surface area contributed by atoms with Gasteiger partial charge in [0.05, 0.1) is 6.54 Å². The van der Waals surface area contributed by atoms with E-state index in [-0.39, 0.29) is 18.4 Å². The Labute approximate surface area is 139 Å². The molecular formula is C16H18ClN3O3. The van der Waals surface area contributed by atoms with E-state index >= 15 is 0 Å². The molecule has 1 aromatic heterocycles. The topological polar surface area (TPSA) is 84.2 Å². The Morgan fingerprint density at radius 1 is 1.22 bits per heavy atom. The van der Waals surface area contributed by atoms with Gasteiger partial charge >= 0.3 is 0 Å². The van der Waals surface area contributed by atoms with E-state index in [1.807, 2.05) is 24.3 Å². The van der Waals surface area contributed by atoms with Crippen LogP contribution in [0.2, 0.25) is 5.02 Å². The van der Waals surface area contributed by atoms with Gasteiger partial charge in [0.25, 0.3) is 0 Å². The average Bonchev–Trinajstić information content (AvgIpc) is 2.92. The molecule has 0 fully saturated rings. The van der Waals surface area contributed by atoms with Gasteiger partial charge in [-0.1, -0.05) is 28.9 Å². The number of halogens is 1. The van der Waals surface area contributed by atoms with Crippen LogP contribution in [0.5, 0.6) is 0 Å². The molecule has 122 valence electrons. The first-order valence-electron chi connectivity index (χ1n) is 7.27. The van der Waals surface area contributed by atoms with Crippen molar-refractivity contribution >= 4 is 29.2 Å². The quantitative estimate of drug-likeness (QED) is 0.814. The van der Waals surface area contributed by atoms with Gasteiger partial charge in [0.2, 0.25) is 11.8 Å². The normalized spacial score (nSPS) is 10.3. The first-order valence-corrected chi connectivity index (χ1v) is 7.65. The van der Waals surface area contributed by atoms with Gasteiger partial charge < -0.3 is 15.2 Å². The van der Waals surface area contributed by atoms with Crippen molar-refractivity contribution in [2.24, 2.45) is 0 Å². The molecule has 0 aliphatic rings. The second-order valence-electron chi connectivity index (χ2n) is 5.13. The highest BCUT2D eigenvalue weighted by molar-refractivity contribution is 6.30. The van der Waals surface area contributed by atoms with Crippen molar-refractivity contribution in [3.63, 3.8) is 0 Å². The number of benzene rings is 1. The summed E-state index contributed by atoms with van der Waals surface area (Å²) in [6.07, 6.45) is 1.85. The van der Waals surface area contributed by atoms with Crippen LogP contribution in [0.4, 0.5) is 5.82 Å². The van der Waals surface area contributed by atoms with Crippen LogP contribution in [0.1, 0.15) is 24.2 Å². The number of hydrogen-bond acceptors (Lipinski definition) is 4. The van der Waals surface area contributed by atoms with E-state index in [1.54, 1.807) is 13.0 Å². The van der Waals surface area contributed by atoms with Crippen molar-refractivity contribution < 1.29 is 14.1 Å². The van der Waals surface area contributed by atoms with Gasteiger partial charge in [0, 0.05) is 17.5 Å². The minimum absolute atomic E-state index is 0.0916. The van der Waals surface area contributed by atoms with Crippen LogP contribution >= 0.6 is 11.6 Å². The molecule has 2 rings (SSSR count). The predicted octanol–water partition coefficient (Wildman–Crippen LogP) is 2.71. The lowest BCUT2D eigenvalue weighted by molar-refractivity contribution is -0.124. The molecule has 0 unspecified atom stereocenters. The van der Waals surface area contributed by atoms with Gasteiger partial charge in [0.15, 0.2) is 5.82 Å². The number of hydrogen-bond donors (Lipinski definition) is 2. The molecule has 0 radical (unpaired) electrons. The summed E-state index contributed by atoms with van der Waals surface area (Å²) in [6, 6.07) is 9.13. The first kappa shape index (κ1) is 17.0. The van der Waals surface area contributed by atoms with Crippen LogP contribution in [0, 0.1) is 6.92 Å². The fourth-order valence-electron chi connectivity index (χ4n) is 1.98. The van der Waals surface area contributed by atoms with Crippen LogP contribution in [-0.2, 0) is 16.0 Å². The maximum Gasteiger partial charge on any atom is 0.245 e. The fraction of sp³-hybridized carbons (Fsp3) is 0.312. The van der Waals surface area contributed by atoms with E-state index < -0.39 is 0 Å². The summed E-state index contributed by atoms with van der Waals surface area (Å²) in [6.45, 7) is 1.64. The lowest BCUT2D eigenvalue weighted by Gasteiger charge is -2.05. The highest BCUT2D eigenvalue weighted by atomic mass is 35.5. The molecule has 0 saturated heterocycles. The molecule has 2 amide bonds. The van der Waals surface area contributed by atoms with Crippen LogP contribution in [0.3, 0.4) is 0 Å². The second-order valence-corrected chi connectivity index (χ2v) is 5.56. The Bertz CT molecular complexity index is 667. The molecule has 2 N–H and O–H groups in total. The van der Waals surface area contributed by atoms with E-state index in [0.29, 0.717) is 29.4 Å². The van der Waals surface area contributed by atoms with E-state index in [1.165, 1.54) is 0 Å². The first-order chi connectivity index (χ1) is 11.0. The number of amides is 2. The van der Waals surface area contributed by atoms with Gasteiger partial charge in [0.1, 0.15) is 5.76 Å². The molecular weight excluding hydrogens is 318 g/mol. The standard InChI is InChI=1S/C16H18ClN3O3/c1-11-9-14(20-23-11)19-16(22)10-18-15(21)4-2-3-12-5-7-13(17)8-6-12/h5-9H,2-4,10H2,1H3,(H,18,21)(H,19,20,22).